The summed E-state index contributed by atoms with van der Waals surface area (Å²) >= 11 is 0. The Balaban J connectivity index is 0.00000171. The highest BCUT2D eigenvalue weighted by Crippen LogP contribution is 2.71. The average Bonchev–Trinajstić information content (AvgIpc) is 3.06. The maximum atomic E-state index is 11.9. The number of rotatable bonds is 3. The number of fused-ring (bicyclic) bond motifs is 2. The van der Waals surface area contributed by atoms with Crippen LogP contribution in [0.1, 0.15) is 45.1 Å². The topological polar surface area (TPSA) is 43.7 Å². The Kier molecular flexibility index (Phi) is 4.12. The van der Waals surface area contributed by atoms with Crippen molar-refractivity contribution < 1.29 is 31.7 Å². The van der Waals surface area contributed by atoms with Crippen LogP contribution in [-0.2, 0) is 5.41 Å². The highest BCUT2D eigenvalue weighted by molar-refractivity contribution is 5.66. The predicted octanol–water partition coefficient (Wildman–Crippen LogP) is -0.517. The zero-order chi connectivity index (χ0) is 18.7. The van der Waals surface area contributed by atoms with Crippen molar-refractivity contribution in [2.45, 2.75) is 75.4 Å². The molecular formula is C23H33BrN2O2. The minimum atomic E-state index is -0.271. The zero-order valence-corrected chi connectivity index (χ0v) is 18.7. The number of para-hydroxylation sites is 1. The van der Waals surface area contributed by atoms with Gasteiger partial charge in [-0.25, -0.2) is 0 Å². The molecule has 1 aromatic rings. The first kappa shape index (κ1) is 19.3. The number of hydrogen-bond donors (Lipinski definition) is 2. The van der Waals surface area contributed by atoms with Gasteiger partial charge >= 0.3 is 0 Å². The van der Waals surface area contributed by atoms with E-state index in [4.69, 9.17) is 0 Å². The lowest BCUT2D eigenvalue weighted by Gasteiger charge is -2.68. The molecule has 5 heteroatoms. The van der Waals surface area contributed by atoms with Crippen LogP contribution in [0.2, 0.25) is 0 Å². The van der Waals surface area contributed by atoms with Gasteiger partial charge in [0.2, 0.25) is 0 Å². The molecule has 0 aromatic heterocycles. The van der Waals surface area contributed by atoms with Gasteiger partial charge in [-0.1, -0.05) is 32.0 Å². The number of anilines is 1. The van der Waals surface area contributed by atoms with Gasteiger partial charge in [0.1, 0.15) is 6.04 Å². The van der Waals surface area contributed by atoms with Crippen molar-refractivity contribution in [3.05, 3.63) is 29.8 Å². The molecule has 5 fully saturated rings. The van der Waals surface area contributed by atoms with E-state index in [1.807, 2.05) is 0 Å². The summed E-state index contributed by atoms with van der Waals surface area (Å²) in [4.78, 5) is 2.48. The molecule has 154 valence electrons. The molecule has 6 aliphatic rings. The molecule has 4 saturated heterocycles. The molecule has 1 aliphatic carbocycles. The van der Waals surface area contributed by atoms with Gasteiger partial charge in [-0.05, 0) is 30.4 Å². The SMILES string of the molecule is CCC[N+]12[C@H](O)[C@@H](CC)C3C[C@H]1[C@@H]1N(C)c4ccccc4C14C[C@H]2C3C4O.[Br-]. The summed E-state index contributed by atoms with van der Waals surface area (Å²) in [5.41, 5.74) is 2.56. The summed E-state index contributed by atoms with van der Waals surface area (Å²) in [7, 11) is 2.23. The highest BCUT2D eigenvalue weighted by Gasteiger charge is 2.82. The molecule has 5 unspecified atom stereocenters. The van der Waals surface area contributed by atoms with Gasteiger partial charge < -0.3 is 32.1 Å². The molecule has 1 aromatic carbocycles. The average molecular weight is 449 g/mol. The molecule has 1 saturated carbocycles. The van der Waals surface area contributed by atoms with Crippen LogP contribution >= 0.6 is 0 Å². The number of halogens is 1. The number of piperidine rings is 4. The van der Waals surface area contributed by atoms with Crippen LogP contribution in [0.5, 0.6) is 0 Å². The van der Waals surface area contributed by atoms with E-state index < -0.39 is 0 Å². The van der Waals surface area contributed by atoms with E-state index in [2.05, 4.69) is 50.1 Å². The lowest BCUT2D eigenvalue weighted by Crippen LogP contribution is -3.00. The summed E-state index contributed by atoms with van der Waals surface area (Å²) in [6.45, 7) is 5.56. The molecule has 1 spiro atoms. The maximum absolute atomic E-state index is 11.9. The molecule has 0 radical (unpaired) electrons. The predicted molar refractivity (Wildman–Crippen MR) is 105 cm³/mol. The smallest absolute Gasteiger partial charge is 0.194 e. The zero-order valence-electron chi connectivity index (χ0n) is 17.1. The first-order valence-electron chi connectivity index (χ1n) is 11.1. The van der Waals surface area contributed by atoms with Crippen LogP contribution in [0.3, 0.4) is 0 Å². The molecule has 2 N–H and O–H groups in total. The quantitative estimate of drug-likeness (QED) is 0.611. The van der Waals surface area contributed by atoms with Gasteiger partial charge in [-0.2, -0.15) is 0 Å². The van der Waals surface area contributed by atoms with E-state index in [-0.39, 0.29) is 34.7 Å². The number of aliphatic hydroxyl groups excluding tert-OH is 2. The van der Waals surface area contributed by atoms with E-state index >= 15 is 0 Å². The summed E-state index contributed by atoms with van der Waals surface area (Å²) in [6.07, 6.45) is 3.84. The van der Waals surface area contributed by atoms with Gasteiger partial charge in [0.25, 0.3) is 0 Å². The van der Waals surface area contributed by atoms with Crippen LogP contribution in [-0.4, -0.2) is 58.7 Å². The van der Waals surface area contributed by atoms with Crippen molar-refractivity contribution in [3.8, 4) is 0 Å². The van der Waals surface area contributed by atoms with Crippen LogP contribution in [0.15, 0.2) is 24.3 Å². The van der Waals surface area contributed by atoms with Crippen molar-refractivity contribution in [3.63, 3.8) is 0 Å². The van der Waals surface area contributed by atoms with E-state index in [1.54, 1.807) is 0 Å². The molecule has 7 rings (SSSR count). The second kappa shape index (κ2) is 5.96. The molecule has 4 nitrogen and oxygen atoms in total. The van der Waals surface area contributed by atoms with Gasteiger partial charge in [-0.3, -0.25) is 4.48 Å². The lowest BCUT2D eigenvalue weighted by atomic mass is 9.60. The van der Waals surface area contributed by atoms with E-state index in [9.17, 15) is 10.2 Å². The Morgan fingerprint density at radius 1 is 1.18 bits per heavy atom. The summed E-state index contributed by atoms with van der Waals surface area (Å²) < 4.78 is 0.873. The van der Waals surface area contributed by atoms with Crippen LogP contribution in [0.25, 0.3) is 0 Å². The van der Waals surface area contributed by atoms with Crippen molar-refractivity contribution in [1.29, 1.82) is 0 Å². The Morgan fingerprint density at radius 2 is 1.93 bits per heavy atom. The van der Waals surface area contributed by atoms with Gasteiger partial charge in [0.05, 0.1) is 30.1 Å². The Hall–Kier alpha value is -0.620. The van der Waals surface area contributed by atoms with Crippen molar-refractivity contribution >= 4 is 5.69 Å². The normalized spacial score (nSPS) is 51.8. The second-order valence-electron chi connectivity index (χ2n) is 10.1. The molecule has 0 amide bonds. The number of likely N-dealkylation sites (N-methyl/N-ethyl adjacent to an activating group) is 1. The van der Waals surface area contributed by atoms with Crippen LogP contribution in [0.4, 0.5) is 5.69 Å². The molecule has 28 heavy (non-hydrogen) atoms. The van der Waals surface area contributed by atoms with Crippen molar-refractivity contribution in [1.82, 2.24) is 0 Å². The summed E-state index contributed by atoms with van der Waals surface area (Å²) in [5.74, 6) is 1.18. The lowest BCUT2D eigenvalue weighted by molar-refractivity contribution is -1.04. The monoisotopic (exact) mass is 448 g/mol. The van der Waals surface area contributed by atoms with E-state index in [0.29, 0.717) is 35.9 Å². The fraction of sp³-hybridized carbons (Fsp3) is 0.739. The first-order chi connectivity index (χ1) is 13.0. The Morgan fingerprint density at radius 3 is 2.64 bits per heavy atom. The molecule has 5 heterocycles. The molecule has 10 atom stereocenters. The number of aliphatic hydroxyl groups is 2. The molecule has 5 aliphatic heterocycles. The van der Waals surface area contributed by atoms with Crippen molar-refractivity contribution in [2.75, 3.05) is 18.5 Å². The minimum absolute atomic E-state index is 0. The third kappa shape index (κ3) is 1.73. The Labute approximate surface area is 178 Å². The van der Waals surface area contributed by atoms with Gasteiger partial charge in [-0.15, -0.1) is 0 Å². The van der Waals surface area contributed by atoms with Crippen LogP contribution in [0, 0.1) is 17.8 Å². The van der Waals surface area contributed by atoms with Gasteiger partial charge in [0, 0.05) is 37.4 Å². The van der Waals surface area contributed by atoms with E-state index in [0.717, 1.165) is 30.3 Å². The largest absolute Gasteiger partial charge is 1.00 e. The third-order valence-electron chi connectivity index (χ3n) is 9.73. The highest BCUT2D eigenvalue weighted by atomic mass is 79.9. The standard InChI is InChI=1S/C23H33N2O2.BrH/c1-4-10-25-17-11-14(13(5-2)22(25)27)19-18(25)12-23(21(19)26)15-8-6-7-9-16(15)24(3)20(17)23;/h6-9,13-14,17-22,26-27H,4-5,10-12H2,1-3H3;1H/q+1;/p-1/t13-,14?,17-,18-,19?,20-,21?,22+,23?,25?;/m0./s1. The number of nitrogens with zero attached hydrogens (tertiary/aromatic N) is 2. The first-order valence-corrected chi connectivity index (χ1v) is 11.1. The number of quaternary nitrogens is 1. The molecular weight excluding hydrogens is 416 g/mol. The Bertz CT molecular complexity index is 805. The fourth-order valence-corrected chi connectivity index (χ4v) is 9.23. The fourth-order valence-electron chi connectivity index (χ4n) is 9.23. The van der Waals surface area contributed by atoms with Crippen molar-refractivity contribution in [2.24, 2.45) is 17.8 Å². The summed E-state index contributed by atoms with van der Waals surface area (Å²) in [6, 6.07) is 9.97. The number of hydrogen-bond acceptors (Lipinski definition) is 3. The third-order valence-corrected chi connectivity index (χ3v) is 9.73. The minimum Gasteiger partial charge on any atom is -1.00 e. The second-order valence-corrected chi connectivity index (χ2v) is 10.1. The number of benzene rings is 1. The van der Waals surface area contributed by atoms with Crippen LogP contribution < -0.4 is 21.9 Å². The maximum Gasteiger partial charge on any atom is 0.194 e. The summed E-state index contributed by atoms with van der Waals surface area (Å²) in [5, 5.41) is 23.6. The molecule has 5 bridgehead atoms. The van der Waals surface area contributed by atoms with Gasteiger partial charge in [0.15, 0.2) is 6.23 Å². The van der Waals surface area contributed by atoms with E-state index in [1.165, 1.54) is 17.7 Å².